The predicted molar refractivity (Wildman–Crippen MR) is 118 cm³/mol. The molecule has 0 unspecified atom stereocenters. The highest BCUT2D eigenvalue weighted by Crippen LogP contribution is 2.46. The van der Waals surface area contributed by atoms with E-state index in [9.17, 15) is 20.0 Å². The molecule has 1 aliphatic heterocycles. The molecular formula is C22H17ClN4O5. The highest BCUT2D eigenvalue weighted by atomic mass is 35.5. The molecule has 0 aromatic heterocycles. The van der Waals surface area contributed by atoms with Crippen LogP contribution in [0.2, 0.25) is 0 Å². The van der Waals surface area contributed by atoms with Gasteiger partial charge in [0.25, 0.3) is 5.69 Å². The lowest BCUT2D eigenvalue weighted by molar-refractivity contribution is -0.384. The van der Waals surface area contributed by atoms with Gasteiger partial charge in [0.1, 0.15) is 16.9 Å². The van der Waals surface area contributed by atoms with Crippen LogP contribution >= 0.6 is 11.6 Å². The number of aromatic hydroxyl groups is 1. The fourth-order valence-corrected chi connectivity index (χ4v) is 3.73. The van der Waals surface area contributed by atoms with Gasteiger partial charge in [-0.25, -0.2) is 0 Å². The number of rotatable bonds is 6. The number of benzene rings is 3. The van der Waals surface area contributed by atoms with Crippen molar-refractivity contribution in [2.24, 2.45) is 10.2 Å². The number of methoxy groups -OCH3 is 1. The number of ether oxygens (including phenoxy) is 1. The van der Waals surface area contributed by atoms with Crippen LogP contribution in [-0.4, -0.2) is 28.4 Å². The number of alkyl halides is 1. The van der Waals surface area contributed by atoms with Gasteiger partial charge in [-0.15, -0.1) is 11.6 Å². The number of non-ortho nitro benzene ring substituents is 1. The van der Waals surface area contributed by atoms with Gasteiger partial charge in [-0.3, -0.25) is 14.9 Å². The Morgan fingerprint density at radius 2 is 1.66 bits per heavy atom. The van der Waals surface area contributed by atoms with Gasteiger partial charge in [0.2, 0.25) is 5.91 Å². The summed E-state index contributed by atoms with van der Waals surface area (Å²) in [5.41, 5.74) is 1.86. The van der Waals surface area contributed by atoms with Crippen LogP contribution in [0.3, 0.4) is 0 Å². The number of halogens is 1. The first-order valence-electron chi connectivity index (χ1n) is 9.49. The molecule has 1 fully saturated rings. The summed E-state index contributed by atoms with van der Waals surface area (Å²) in [4.78, 5) is 24.2. The molecule has 9 nitrogen and oxygen atoms in total. The zero-order valence-corrected chi connectivity index (χ0v) is 17.5. The van der Waals surface area contributed by atoms with Crippen LogP contribution in [0.5, 0.6) is 11.5 Å². The van der Waals surface area contributed by atoms with E-state index >= 15 is 0 Å². The lowest BCUT2D eigenvalue weighted by atomic mass is 9.91. The average molecular weight is 453 g/mol. The number of amides is 1. The summed E-state index contributed by atoms with van der Waals surface area (Å²) in [6, 6.07) is 16.6. The Labute approximate surface area is 187 Å². The second-order valence-corrected chi connectivity index (χ2v) is 7.44. The molecular weight excluding hydrogens is 436 g/mol. The number of carbonyl (C=O) groups is 1. The van der Waals surface area contributed by atoms with Gasteiger partial charge < -0.3 is 14.7 Å². The van der Waals surface area contributed by atoms with E-state index < -0.39 is 16.3 Å². The van der Waals surface area contributed by atoms with Crippen molar-refractivity contribution < 1.29 is 19.6 Å². The Morgan fingerprint density at radius 3 is 2.28 bits per heavy atom. The minimum absolute atomic E-state index is 0.0269. The molecule has 1 N–H and O–H groups in total. The Morgan fingerprint density at radius 1 is 1.03 bits per heavy atom. The van der Waals surface area contributed by atoms with Crippen molar-refractivity contribution in [3.63, 3.8) is 0 Å². The quantitative estimate of drug-likeness (QED) is 0.176. The van der Waals surface area contributed by atoms with Gasteiger partial charge in [0.05, 0.1) is 29.4 Å². The number of nitro groups is 1. The third kappa shape index (κ3) is 3.97. The molecule has 1 aliphatic rings. The molecule has 3 aromatic rings. The molecule has 1 heterocycles. The van der Waals surface area contributed by atoms with Gasteiger partial charge in [-0.2, -0.15) is 10.2 Å². The van der Waals surface area contributed by atoms with E-state index in [1.54, 1.807) is 43.5 Å². The fraction of sp³-hybridized carbons (Fsp3) is 0.136. The van der Waals surface area contributed by atoms with Crippen molar-refractivity contribution >= 4 is 40.3 Å². The van der Waals surface area contributed by atoms with E-state index in [-0.39, 0.29) is 17.3 Å². The van der Waals surface area contributed by atoms with Crippen LogP contribution in [0.4, 0.5) is 22.7 Å². The lowest BCUT2D eigenvalue weighted by Crippen LogP contribution is -2.56. The number of phenolic OH excluding ortho intramolecular Hbond substituents is 1. The van der Waals surface area contributed by atoms with Gasteiger partial charge in [0, 0.05) is 23.4 Å². The van der Waals surface area contributed by atoms with E-state index in [0.29, 0.717) is 28.4 Å². The average Bonchev–Trinajstić information content (AvgIpc) is 2.82. The number of anilines is 1. The van der Waals surface area contributed by atoms with E-state index in [1.165, 1.54) is 35.2 Å². The van der Waals surface area contributed by atoms with Crippen molar-refractivity contribution in [1.82, 2.24) is 0 Å². The van der Waals surface area contributed by atoms with Crippen molar-refractivity contribution in [1.29, 1.82) is 0 Å². The SMILES string of the molecule is COc1ccc(N2C(=O)[C@@H](Cl)[C@H]2c2cc(N=Nc3ccc([N+](=O)[O-])cc3)ccc2O)cc1. The zero-order chi connectivity index (χ0) is 22.8. The second-order valence-electron chi connectivity index (χ2n) is 6.97. The number of phenols is 1. The summed E-state index contributed by atoms with van der Waals surface area (Å²) in [7, 11) is 1.55. The smallest absolute Gasteiger partial charge is 0.269 e. The van der Waals surface area contributed by atoms with Crippen LogP contribution in [0, 0.1) is 10.1 Å². The monoisotopic (exact) mass is 452 g/mol. The first-order valence-corrected chi connectivity index (χ1v) is 9.93. The molecule has 10 heteroatoms. The molecule has 3 aromatic carbocycles. The summed E-state index contributed by atoms with van der Waals surface area (Å²) in [5, 5.41) is 28.6. The minimum Gasteiger partial charge on any atom is -0.508 e. The largest absolute Gasteiger partial charge is 0.508 e. The number of nitrogens with zero attached hydrogens (tertiary/aromatic N) is 4. The first-order chi connectivity index (χ1) is 15.4. The van der Waals surface area contributed by atoms with E-state index in [4.69, 9.17) is 16.3 Å². The highest BCUT2D eigenvalue weighted by molar-refractivity contribution is 6.37. The third-order valence-electron chi connectivity index (χ3n) is 5.05. The van der Waals surface area contributed by atoms with Crippen molar-refractivity contribution in [3.05, 3.63) is 82.4 Å². The molecule has 162 valence electrons. The minimum atomic E-state index is -0.843. The Hall–Kier alpha value is -3.98. The maximum atomic E-state index is 12.5. The number of β-lactam (4-membered cyclic amide) rings is 1. The van der Waals surface area contributed by atoms with Crippen molar-refractivity contribution in [2.75, 3.05) is 12.0 Å². The summed E-state index contributed by atoms with van der Waals surface area (Å²) in [6.07, 6.45) is 0. The predicted octanol–water partition coefficient (Wildman–Crippen LogP) is 5.42. The normalized spacial score (nSPS) is 17.9. The lowest BCUT2D eigenvalue weighted by Gasteiger charge is -2.44. The second kappa shape index (κ2) is 8.64. The molecule has 0 bridgehead atoms. The molecule has 0 radical (unpaired) electrons. The molecule has 0 spiro atoms. The summed E-state index contributed by atoms with van der Waals surface area (Å²) in [5.74, 6) is 0.345. The molecule has 32 heavy (non-hydrogen) atoms. The van der Waals surface area contributed by atoms with Crippen LogP contribution in [0.15, 0.2) is 77.0 Å². The summed E-state index contributed by atoms with van der Waals surface area (Å²) >= 11 is 6.30. The Kier molecular flexibility index (Phi) is 5.74. The topological polar surface area (TPSA) is 118 Å². The zero-order valence-electron chi connectivity index (χ0n) is 16.8. The maximum Gasteiger partial charge on any atom is 0.269 e. The van der Waals surface area contributed by atoms with Crippen molar-refractivity contribution in [2.45, 2.75) is 11.4 Å². The molecule has 4 rings (SSSR count). The molecule has 0 saturated carbocycles. The molecule has 2 atom stereocenters. The summed E-state index contributed by atoms with van der Waals surface area (Å²) in [6.45, 7) is 0. The van der Waals surface area contributed by atoms with Crippen LogP contribution in [-0.2, 0) is 4.79 Å². The van der Waals surface area contributed by atoms with Crippen LogP contribution in [0.25, 0.3) is 0 Å². The standard InChI is InChI=1S/C22H17ClN4O5/c1-32-17-9-7-15(8-10-17)26-21(20(23)22(26)29)18-12-14(4-11-19(18)28)25-24-13-2-5-16(6-3-13)27(30)31/h2-12,20-21,28H,1H3/t20-,21+/m0/s1. The van der Waals surface area contributed by atoms with Gasteiger partial charge in [-0.1, -0.05) is 0 Å². The van der Waals surface area contributed by atoms with E-state index in [1.807, 2.05) is 0 Å². The summed E-state index contributed by atoms with van der Waals surface area (Å²) < 4.78 is 5.15. The first kappa shape index (κ1) is 21.3. The highest BCUT2D eigenvalue weighted by Gasteiger charge is 2.49. The maximum absolute atomic E-state index is 12.5. The van der Waals surface area contributed by atoms with Gasteiger partial charge >= 0.3 is 0 Å². The van der Waals surface area contributed by atoms with Crippen LogP contribution < -0.4 is 9.64 Å². The van der Waals surface area contributed by atoms with Crippen LogP contribution in [0.1, 0.15) is 11.6 Å². The fourth-order valence-electron chi connectivity index (χ4n) is 3.38. The van der Waals surface area contributed by atoms with E-state index in [2.05, 4.69) is 10.2 Å². The van der Waals surface area contributed by atoms with Gasteiger partial charge in [0.15, 0.2) is 0 Å². The number of hydrogen-bond donors (Lipinski definition) is 1. The molecule has 1 amide bonds. The molecule has 1 saturated heterocycles. The number of carbonyl (C=O) groups excluding carboxylic acids is 1. The Balaban J connectivity index is 1.61. The third-order valence-corrected chi connectivity index (χ3v) is 5.48. The number of azo groups is 1. The Bertz CT molecular complexity index is 1200. The molecule has 0 aliphatic carbocycles. The van der Waals surface area contributed by atoms with E-state index in [0.717, 1.165) is 0 Å². The van der Waals surface area contributed by atoms with Crippen molar-refractivity contribution in [3.8, 4) is 11.5 Å². The van der Waals surface area contributed by atoms with Gasteiger partial charge in [-0.05, 0) is 54.6 Å². The number of nitro benzene ring substituents is 1. The number of hydrogen-bond acceptors (Lipinski definition) is 7.